The van der Waals surface area contributed by atoms with Crippen molar-refractivity contribution in [3.8, 4) is 0 Å². The minimum atomic E-state index is -1.03. The molecule has 2 N–H and O–H groups in total. The van der Waals surface area contributed by atoms with Gasteiger partial charge in [0, 0.05) is 10.7 Å². The van der Waals surface area contributed by atoms with Crippen molar-refractivity contribution in [2.24, 2.45) is 0 Å². The summed E-state index contributed by atoms with van der Waals surface area (Å²) in [6, 6.07) is 3.85. The lowest BCUT2D eigenvalue weighted by atomic mass is 10.3. The largest absolute Gasteiger partial charge is 0.465 e. The summed E-state index contributed by atoms with van der Waals surface area (Å²) in [5.74, 6) is 0. The Kier molecular flexibility index (Phi) is 4.48. The molecule has 0 aliphatic carbocycles. The molecular weight excluding hydrogens is 511 g/mol. The quantitative estimate of drug-likeness (QED) is 0.563. The smallest absolute Gasteiger partial charge is 0.409 e. The molecule has 0 radical (unpaired) electrons. The van der Waals surface area contributed by atoms with Crippen molar-refractivity contribution >= 4 is 79.6 Å². The van der Waals surface area contributed by atoms with Crippen LogP contribution >= 0.6 is 67.8 Å². The Hall–Kier alpha value is 0.680. The van der Waals surface area contributed by atoms with E-state index in [4.69, 9.17) is 5.11 Å². The van der Waals surface area contributed by atoms with Crippen LogP contribution in [0.2, 0.25) is 0 Å². The highest BCUT2D eigenvalue weighted by atomic mass is 127. The SMILES string of the molecule is O=C(O)Nc1c(I)cc(I)cc1I. The summed E-state index contributed by atoms with van der Waals surface area (Å²) in [5.41, 5.74) is 0.661. The number of carboxylic acid groups (broad SMARTS) is 1. The Labute approximate surface area is 116 Å². The zero-order chi connectivity index (χ0) is 10.0. The first-order chi connectivity index (χ1) is 6.00. The molecule has 0 atom stereocenters. The normalized spacial score (nSPS) is 9.77. The maximum atomic E-state index is 10.4. The summed E-state index contributed by atoms with van der Waals surface area (Å²) < 4.78 is 2.93. The second-order valence-electron chi connectivity index (χ2n) is 2.17. The van der Waals surface area contributed by atoms with E-state index in [-0.39, 0.29) is 0 Å². The number of hydrogen-bond acceptors (Lipinski definition) is 1. The van der Waals surface area contributed by atoms with Gasteiger partial charge in [0.25, 0.3) is 0 Å². The summed E-state index contributed by atoms with van der Waals surface area (Å²) in [7, 11) is 0. The van der Waals surface area contributed by atoms with Crippen molar-refractivity contribution in [2.45, 2.75) is 0 Å². The lowest BCUT2D eigenvalue weighted by molar-refractivity contribution is 0.209. The minimum Gasteiger partial charge on any atom is -0.465 e. The third kappa shape index (κ3) is 3.38. The highest BCUT2D eigenvalue weighted by molar-refractivity contribution is 14.1. The van der Waals surface area contributed by atoms with Crippen LogP contribution in [-0.4, -0.2) is 11.2 Å². The van der Waals surface area contributed by atoms with Crippen LogP contribution in [-0.2, 0) is 0 Å². The summed E-state index contributed by atoms with van der Waals surface area (Å²) in [4.78, 5) is 10.4. The lowest BCUT2D eigenvalue weighted by Gasteiger charge is -2.07. The van der Waals surface area contributed by atoms with Crippen molar-refractivity contribution < 1.29 is 9.90 Å². The van der Waals surface area contributed by atoms with E-state index in [1.165, 1.54) is 0 Å². The van der Waals surface area contributed by atoms with Crippen LogP contribution in [0.5, 0.6) is 0 Å². The molecule has 0 saturated heterocycles. The molecule has 0 aromatic heterocycles. The Morgan fingerprint density at radius 3 is 2.08 bits per heavy atom. The van der Waals surface area contributed by atoms with Gasteiger partial charge in [-0.25, -0.2) is 4.79 Å². The molecule has 1 aromatic carbocycles. The van der Waals surface area contributed by atoms with Gasteiger partial charge in [0.2, 0.25) is 0 Å². The number of nitrogens with one attached hydrogen (secondary N) is 1. The van der Waals surface area contributed by atoms with Gasteiger partial charge in [-0.05, 0) is 79.9 Å². The number of anilines is 1. The van der Waals surface area contributed by atoms with E-state index in [9.17, 15) is 4.79 Å². The summed E-state index contributed by atoms with van der Waals surface area (Å²) in [6.07, 6.45) is -1.03. The first-order valence-corrected chi connectivity index (χ1v) is 6.39. The number of benzene rings is 1. The van der Waals surface area contributed by atoms with E-state index in [2.05, 4.69) is 73.1 Å². The molecule has 0 fully saturated rings. The molecule has 0 spiro atoms. The fourth-order valence-electron chi connectivity index (χ4n) is 0.769. The first-order valence-electron chi connectivity index (χ1n) is 3.15. The van der Waals surface area contributed by atoms with Crippen molar-refractivity contribution in [2.75, 3.05) is 5.32 Å². The van der Waals surface area contributed by atoms with Crippen LogP contribution in [0, 0.1) is 10.7 Å². The molecule has 70 valence electrons. The number of halogens is 3. The van der Waals surface area contributed by atoms with E-state index < -0.39 is 6.09 Å². The van der Waals surface area contributed by atoms with E-state index in [1.807, 2.05) is 12.1 Å². The standard InChI is InChI=1S/C7H4I3NO2/c8-3-1-4(9)6(5(10)2-3)11-7(12)13/h1-2,11H,(H,12,13). The molecular formula is C7H4I3NO2. The zero-order valence-electron chi connectivity index (χ0n) is 6.14. The lowest BCUT2D eigenvalue weighted by Crippen LogP contribution is -2.10. The molecule has 0 aliphatic heterocycles. The highest BCUT2D eigenvalue weighted by Gasteiger charge is 2.08. The van der Waals surface area contributed by atoms with Crippen LogP contribution in [0.25, 0.3) is 0 Å². The maximum absolute atomic E-state index is 10.4. The van der Waals surface area contributed by atoms with Crippen molar-refractivity contribution in [3.63, 3.8) is 0 Å². The second kappa shape index (κ2) is 4.96. The van der Waals surface area contributed by atoms with Crippen LogP contribution in [0.3, 0.4) is 0 Å². The van der Waals surface area contributed by atoms with E-state index in [1.54, 1.807) is 0 Å². The molecule has 0 heterocycles. The number of carbonyl (C=O) groups is 1. The average Bonchev–Trinajstić information content (AvgIpc) is 1.96. The van der Waals surface area contributed by atoms with Gasteiger partial charge in [-0.15, -0.1) is 0 Å². The fourth-order valence-corrected chi connectivity index (χ4v) is 4.62. The van der Waals surface area contributed by atoms with Crippen molar-refractivity contribution in [3.05, 3.63) is 22.8 Å². The zero-order valence-corrected chi connectivity index (χ0v) is 12.6. The summed E-state index contributed by atoms with van der Waals surface area (Å²) >= 11 is 6.42. The van der Waals surface area contributed by atoms with Gasteiger partial charge in [-0.3, -0.25) is 5.32 Å². The highest BCUT2D eigenvalue weighted by Crippen LogP contribution is 2.27. The third-order valence-electron chi connectivity index (χ3n) is 1.24. The van der Waals surface area contributed by atoms with Gasteiger partial charge in [-0.1, -0.05) is 0 Å². The number of hydrogen-bond donors (Lipinski definition) is 2. The molecule has 6 heteroatoms. The summed E-state index contributed by atoms with van der Waals surface area (Å²) in [6.45, 7) is 0. The Morgan fingerprint density at radius 1 is 1.23 bits per heavy atom. The molecule has 3 nitrogen and oxygen atoms in total. The molecule has 0 unspecified atom stereocenters. The van der Waals surface area contributed by atoms with Crippen LogP contribution in [0.4, 0.5) is 10.5 Å². The predicted molar refractivity (Wildman–Crippen MR) is 76.2 cm³/mol. The van der Waals surface area contributed by atoms with Gasteiger partial charge in [0.15, 0.2) is 0 Å². The second-order valence-corrected chi connectivity index (χ2v) is 5.74. The van der Waals surface area contributed by atoms with Crippen LogP contribution in [0.1, 0.15) is 0 Å². The van der Waals surface area contributed by atoms with E-state index in [0.717, 1.165) is 10.7 Å². The minimum absolute atomic E-state index is 0.661. The van der Waals surface area contributed by atoms with Gasteiger partial charge in [-0.2, -0.15) is 0 Å². The van der Waals surface area contributed by atoms with Crippen molar-refractivity contribution in [1.29, 1.82) is 0 Å². The fraction of sp³-hybridized carbons (Fsp3) is 0. The first kappa shape index (κ1) is 11.8. The van der Waals surface area contributed by atoms with Crippen LogP contribution < -0.4 is 5.32 Å². The molecule has 0 aliphatic rings. The van der Waals surface area contributed by atoms with Crippen LogP contribution in [0.15, 0.2) is 12.1 Å². The van der Waals surface area contributed by atoms with Crippen molar-refractivity contribution in [1.82, 2.24) is 0 Å². The van der Waals surface area contributed by atoms with E-state index in [0.29, 0.717) is 5.69 Å². The Bertz CT molecular complexity index is 331. The Balaban J connectivity index is 3.13. The van der Waals surface area contributed by atoms with Gasteiger partial charge >= 0.3 is 6.09 Å². The molecule has 0 saturated carbocycles. The predicted octanol–water partition coefficient (Wildman–Crippen LogP) is 3.59. The van der Waals surface area contributed by atoms with E-state index >= 15 is 0 Å². The molecule has 13 heavy (non-hydrogen) atoms. The molecule has 1 aromatic rings. The maximum Gasteiger partial charge on any atom is 0.409 e. The monoisotopic (exact) mass is 515 g/mol. The average molecular weight is 515 g/mol. The summed E-state index contributed by atoms with van der Waals surface area (Å²) in [5, 5.41) is 10.9. The van der Waals surface area contributed by atoms with Gasteiger partial charge in [0.05, 0.1) is 5.69 Å². The number of amides is 1. The topological polar surface area (TPSA) is 49.3 Å². The molecule has 1 rings (SSSR count). The Morgan fingerprint density at radius 2 is 1.69 bits per heavy atom. The molecule has 0 bridgehead atoms. The number of rotatable bonds is 1. The van der Waals surface area contributed by atoms with Gasteiger partial charge < -0.3 is 5.11 Å². The molecule has 1 amide bonds. The third-order valence-corrected chi connectivity index (χ3v) is 3.56. The van der Waals surface area contributed by atoms with Gasteiger partial charge in [0.1, 0.15) is 0 Å².